The molecule has 6 heteroatoms. The molecule has 0 aliphatic heterocycles. The van der Waals surface area contributed by atoms with E-state index in [0.29, 0.717) is 0 Å². The minimum Gasteiger partial charge on any atom is -0.497 e. The third kappa shape index (κ3) is 6.14. The molecule has 6 rings (SSSR count). The van der Waals surface area contributed by atoms with Crippen LogP contribution in [0.3, 0.4) is 0 Å². The molecule has 0 spiro atoms. The highest BCUT2D eigenvalue weighted by Crippen LogP contribution is 2.30. The van der Waals surface area contributed by atoms with Gasteiger partial charge in [0.15, 0.2) is 6.04 Å². The summed E-state index contributed by atoms with van der Waals surface area (Å²) in [7, 11) is 1.69. The molecule has 0 saturated heterocycles. The summed E-state index contributed by atoms with van der Waals surface area (Å²) in [6.45, 7) is 1.58. The molecular weight excluding hydrogens is 518 g/mol. The van der Waals surface area contributed by atoms with E-state index in [0.717, 1.165) is 41.4 Å². The summed E-state index contributed by atoms with van der Waals surface area (Å²) >= 11 is 0. The predicted molar refractivity (Wildman–Crippen MR) is 164 cm³/mol. The van der Waals surface area contributed by atoms with E-state index in [1.807, 2.05) is 28.9 Å². The Labute approximate surface area is 246 Å². The Kier molecular flexibility index (Phi) is 8.43. The number of hydrogen-bond acceptors (Lipinski definition) is 4. The molecule has 0 saturated carbocycles. The fourth-order valence-corrected chi connectivity index (χ4v) is 5.67. The molecule has 6 aromatic rings. The van der Waals surface area contributed by atoms with Gasteiger partial charge in [0.1, 0.15) is 24.9 Å². The second-order valence-electron chi connectivity index (χ2n) is 10.4. The fourth-order valence-electron chi connectivity index (χ4n) is 5.67. The maximum atomic E-state index is 5.52. The summed E-state index contributed by atoms with van der Waals surface area (Å²) in [4.78, 5) is 1.31. The summed E-state index contributed by atoms with van der Waals surface area (Å²) in [5, 5.41) is 13.7. The van der Waals surface area contributed by atoms with Gasteiger partial charge in [-0.3, -0.25) is 0 Å². The van der Waals surface area contributed by atoms with Gasteiger partial charge in [0.05, 0.1) is 7.11 Å². The van der Waals surface area contributed by atoms with E-state index in [1.54, 1.807) is 7.11 Å². The van der Waals surface area contributed by atoms with Gasteiger partial charge < -0.3 is 9.64 Å². The number of ether oxygens (including phenoxy) is 1. The predicted octanol–water partition coefficient (Wildman–Crippen LogP) is 5.69. The molecule has 0 amide bonds. The topological polar surface area (TPSA) is 57.3 Å². The number of benzene rings is 5. The van der Waals surface area contributed by atoms with Gasteiger partial charge in [0.25, 0.3) is 0 Å². The van der Waals surface area contributed by atoms with Crippen LogP contribution in [0.1, 0.15) is 45.7 Å². The summed E-state index contributed by atoms with van der Waals surface area (Å²) in [5.41, 5.74) is 5.87. The highest BCUT2D eigenvalue weighted by Gasteiger charge is 2.35. The van der Waals surface area contributed by atoms with Crippen LogP contribution >= 0.6 is 0 Å². The Hall–Kier alpha value is -5.07. The number of hydrogen-bond donors (Lipinski definition) is 1. The molecular formula is C36H34N5O+. The molecule has 1 heterocycles. The van der Waals surface area contributed by atoms with Gasteiger partial charge in [-0.05, 0) is 45.8 Å². The molecule has 0 fully saturated rings. The van der Waals surface area contributed by atoms with Crippen LogP contribution in [0.15, 0.2) is 146 Å². The van der Waals surface area contributed by atoms with E-state index in [9.17, 15) is 0 Å². The van der Waals surface area contributed by atoms with E-state index >= 15 is 0 Å². The van der Waals surface area contributed by atoms with Crippen LogP contribution in [0.4, 0.5) is 0 Å². The SMILES string of the molecule is COc1ccc([C@H](c2nnnn2C(c2ccccc2)c2ccccc2)[NH+](Cc2ccccc2)Cc2ccccc2)cc1. The van der Waals surface area contributed by atoms with E-state index in [4.69, 9.17) is 9.84 Å². The average molecular weight is 553 g/mol. The molecule has 6 nitrogen and oxygen atoms in total. The van der Waals surface area contributed by atoms with E-state index < -0.39 is 0 Å². The molecule has 0 aliphatic carbocycles. The molecule has 0 radical (unpaired) electrons. The van der Waals surface area contributed by atoms with Crippen LogP contribution in [0.5, 0.6) is 5.75 Å². The number of methoxy groups -OCH3 is 1. The summed E-state index contributed by atoms with van der Waals surface area (Å²) in [5.74, 6) is 1.62. The first-order chi connectivity index (χ1) is 20.8. The quantitative estimate of drug-likeness (QED) is 0.224. The number of nitrogens with zero attached hydrogens (tertiary/aromatic N) is 4. The number of tetrazole rings is 1. The highest BCUT2D eigenvalue weighted by atomic mass is 16.5. The van der Waals surface area contributed by atoms with Crippen molar-refractivity contribution in [2.24, 2.45) is 0 Å². The molecule has 0 aliphatic rings. The lowest BCUT2D eigenvalue weighted by Crippen LogP contribution is -3.10. The second-order valence-corrected chi connectivity index (χ2v) is 10.4. The van der Waals surface area contributed by atoms with E-state index in [1.165, 1.54) is 16.0 Å². The zero-order valence-corrected chi connectivity index (χ0v) is 23.6. The third-order valence-electron chi connectivity index (χ3n) is 7.66. The number of quaternary nitrogens is 1. The summed E-state index contributed by atoms with van der Waals surface area (Å²) in [6.07, 6.45) is 0. The lowest BCUT2D eigenvalue weighted by atomic mass is 9.97. The largest absolute Gasteiger partial charge is 0.497 e. The van der Waals surface area contributed by atoms with Crippen LogP contribution in [0.25, 0.3) is 0 Å². The molecule has 1 atom stereocenters. The van der Waals surface area contributed by atoms with E-state index in [2.05, 4.69) is 132 Å². The van der Waals surface area contributed by atoms with Crippen molar-refractivity contribution >= 4 is 0 Å². The first kappa shape index (κ1) is 27.1. The first-order valence-electron chi connectivity index (χ1n) is 14.2. The maximum absolute atomic E-state index is 5.52. The third-order valence-corrected chi connectivity index (χ3v) is 7.66. The van der Waals surface area contributed by atoms with Gasteiger partial charge in [-0.15, -0.1) is 5.10 Å². The molecule has 42 heavy (non-hydrogen) atoms. The number of rotatable bonds is 11. The lowest BCUT2D eigenvalue weighted by Gasteiger charge is -2.30. The van der Waals surface area contributed by atoms with Gasteiger partial charge in [-0.1, -0.05) is 121 Å². The van der Waals surface area contributed by atoms with Crippen LogP contribution in [-0.4, -0.2) is 27.3 Å². The zero-order chi connectivity index (χ0) is 28.6. The first-order valence-corrected chi connectivity index (χ1v) is 14.2. The summed E-state index contributed by atoms with van der Waals surface area (Å²) in [6, 6.07) is 50.2. The zero-order valence-electron chi connectivity index (χ0n) is 23.6. The Balaban J connectivity index is 1.52. The number of aromatic nitrogens is 4. The molecule has 0 unspecified atom stereocenters. The van der Waals surface area contributed by atoms with Crippen molar-refractivity contribution < 1.29 is 9.64 Å². The van der Waals surface area contributed by atoms with E-state index in [-0.39, 0.29) is 12.1 Å². The van der Waals surface area contributed by atoms with Gasteiger partial charge >= 0.3 is 0 Å². The maximum Gasteiger partial charge on any atom is 0.215 e. The Morgan fingerprint density at radius 2 is 1.07 bits per heavy atom. The Bertz CT molecular complexity index is 1580. The standard InChI is InChI=1S/C36H33N5O/c1-42-33-24-22-32(23-25-33)35(40(26-28-14-6-2-7-15-28)27-29-16-8-3-9-17-29)36-37-38-39-41(36)34(30-18-10-4-11-19-30)31-20-12-5-13-21-31/h2-25,34-35H,26-27H2,1H3/p+1/t35-/m1/s1. The molecule has 1 aromatic heterocycles. The normalized spacial score (nSPS) is 12.0. The van der Waals surface area contributed by atoms with Crippen molar-refractivity contribution in [3.8, 4) is 5.75 Å². The number of nitrogens with one attached hydrogen (secondary N) is 1. The van der Waals surface area contributed by atoms with Gasteiger partial charge in [-0.2, -0.15) is 0 Å². The van der Waals surface area contributed by atoms with Crippen molar-refractivity contribution in [1.29, 1.82) is 0 Å². The van der Waals surface area contributed by atoms with Crippen LogP contribution in [0, 0.1) is 0 Å². The van der Waals surface area contributed by atoms with Crippen LogP contribution in [-0.2, 0) is 13.1 Å². The molecule has 5 aromatic carbocycles. The monoisotopic (exact) mass is 552 g/mol. The fraction of sp³-hybridized carbons (Fsp3) is 0.139. The van der Waals surface area contributed by atoms with Gasteiger partial charge in [0, 0.05) is 16.7 Å². The van der Waals surface area contributed by atoms with Crippen LogP contribution in [0.2, 0.25) is 0 Å². The summed E-state index contributed by atoms with van der Waals surface area (Å²) < 4.78 is 7.53. The van der Waals surface area contributed by atoms with Crippen molar-refractivity contribution in [2.45, 2.75) is 25.2 Å². The lowest BCUT2D eigenvalue weighted by molar-refractivity contribution is -0.953. The Morgan fingerprint density at radius 1 is 0.595 bits per heavy atom. The molecule has 0 bridgehead atoms. The molecule has 208 valence electrons. The second kappa shape index (κ2) is 13.1. The van der Waals surface area contributed by atoms with Crippen LogP contribution < -0.4 is 9.64 Å². The van der Waals surface area contributed by atoms with Gasteiger partial charge in [-0.25, -0.2) is 4.68 Å². The minimum atomic E-state index is -0.187. The van der Waals surface area contributed by atoms with Crippen molar-refractivity contribution in [1.82, 2.24) is 20.2 Å². The highest BCUT2D eigenvalue weighted by molar-refractivity contribution is 5.35. The average Bonchev–Trinajstić information content (AvgIpc) is 3.52. The Morgan fingerprint density at radius 3 is 1.55 bits per heavy atom. The molecule has 1 N–H and O–H groups in total. The van der Waals surface area contributed by atoms with Crippen molar-refractivity contribution in [3.05, 3.63) is 179 Å². The van der Waals surface area contributed by atoms with Crippen molar-refractivity contribution in [3.63, 3.8) is 0 Å². The van der Waals surface area contributed by atoms with Crippen molar-refractivity contribution in [2.75, 3.05) is 7.11 Å². The minimum absolute atomic E-state index is 0.166. The smallest absolute Gasteiger partial charge is 0.215 e. The van der Waals surface area contributed by atoms with Gasteiger partial charge in [0.2, 0.25) is 5.82 Å².